The highest BCUT2D eigenvalue weighted by molar-refractivity contribution is 5.95. The SMILES string of the molecule is CC(C)Oc1ccc(C(=O)N(C2CC2)C2CCC(N)/C(=C\NC(=O)OCc3ccccc3)C2)cc1F. The van der Waals surface area contributed by atoms with Crippen LogP contribution >= 0.6 is 0 Å². The zero-order valence-electron chi connectivity index (χ0n) is 20.8. The molecule has 2 unspecified atom stereocenters. The normalized spacial score (nSPS) is 20.8. The molecule has 2 fully saturated rings. The summed E-state index contributed by atoms with van der Waals surface area (Å²) in [6, 6.07) is 13.7. The van der Waals surface area contributed by atoms with Crippen molar-refractivity contribution >= 4 is 12.0 Å². The summed E-state index contributed by atoms with van der Waals surface area (Å²) >= 11 is 0. The quantitative estimate of drug-likeness (QED) is 0.543. The largest absolute Gasteiger partial charge is 0.488 e. The Morgan fingerprint density at radius 2 is 1.83 bits per heavy atom. The lowest BCUT2D eigenvalue weighted by Crippen LogP contribution is -2.46. The van der Waals surface area contributed by atoms with Gasteiger partial charge in [-0.25, -0.2) is 9.18 Å². The second-order valence-electron chi connectivity index (χ2n) is 9.72. The molecule has 0 saturated heterocycles. The summed E-state index contributed by atoms with van der Waals surface area (Å²) in [4.78, 5) is 27.5. The number of carbonyl (C=O) groups is 2. The van der Waals surface area contributed by atoms with Gasteiger partial charge in [-0.05, 0) is 75.3 Å². The van der Waals surface area contributed by atoms with Crippen LogP contribution in [-0.4, -0.2) is 41.1 Å². The molecule has 0 heterocycles. The van der Waals surface area contributed by atoms with E-state index in [0.717, 1.165) is 30.4 Å². The zero-order valence-corrected chi connectivity index (χ0v) is 20.8. The van der Waals surface area contributed by atoms with Gasteiger partial charge in [0.25, 0.3) is 5.91 Å². The molecule has 7 nitrogen and oxygen atoms in total. The first-order valence-corrected chi connectivity index (χ1v) is 12.5. The van der Waals surface area contributed by atoms with E-state index < -0.39 is 11.9 Å². The van der Waals surface area contributed by atoms with E-state index in [1.165, 1.54) is 12.1 Å². The predicted octanol–water partition coefficient (Wildman–Crippen LogP) is 4.91. The molecule has 2 amide bonds. The van der Waals surface area contributed by atoms with Crippen LogP contribution in [0, 0.1) is 5.82 Å². The lowest BCUT2D eigenvalue weighted by atomic mass is 9.86. The van der Waals surface area contributed by atoms with Gasteiger partial charge in [0.2, 0.25) is 0 Å². The van der Waals surface area contributed by atoms with Crippen molar-refractivity contribution in [2.24, 2.45) is 5.73 Å². The van der Waals surface area contributed by atoms with E-state index in [0.29, 0.717) is 18.4 Å². The summed E-state index contributed by atoms with van der Waals surface area (Å²) in [6.07, 6.45) is 4.71. The molecule has 192 valence electrons. The Morgan fingerprint density at radius 3 is 2.50 bits per heavy atom. The number of carbonyl (C=O) groups excluding carboxylic acids is 2. The second-order valence-corrected chi connectivity index (χ2v) is 9.72. The molecule has 2 aromatic rings. The van der Waals surface area contributed by atoms with Crippen LogP contribution in [0.2, 0.25) is 0 Å². The average Bonchev–Trinajstić information content (AvgIpc) is 3.69. The number of hydrogen-bond donors (Lipinski definition) is 2. The standard InChI is InChI=1S/C28H34FN3O4/c1-18(2)36-26-13-8-20(15-24(26)29)27(33)32(22-9-10-22)23-11-12-25(30)21(14-23)16-31-28(34)35-17-19-6-4-3-5-7-19/h3-8,13,15-16,18,22-23,25H,9-12,14,17,30H2,1-2H3,(H,31,34)/b21-16-. The third-order valence-electron chi connectivity index (χ3n) is 6.46. The average molecular weight is 496 g/mol. The van der Waals surface area contributed by atoms with Crippen molar-refractivity contribution in [2.45, 2.75) is 76.8 Å². The molecule has 4 rings (SSSR count). The number of alkyl carbamates (subject to hydrolysis) is 1. The van der Waals surface area contributed by atoms with E-state index >= 15 is 0 Å². The Bertz CT molecular complexity index is 1100. The van der Waals surface area contributed by atoms with Gasteiger partial charge in [0.1, 0.15) is 6.61 Å². The van der Waals surface area contributed by atoms with Gasteiger partial charge in [-0.15, -0.1) is 0 Å². The summed E-state index contributed by atoms with van der Waals surface area (Å²) in [5, 5.41) is 2.68. The molecule has 0 radical (unpaired) electrons. The fraction of sp³-hybridized carbons (Fsp3) is 0.429. The third-order valence-corrected chi connectivity index (χ3v) is 6.46. The lowest BCUT2D eigenvalue weighted by molar-refractivity contribution is 0.0629. The Balaban J connectivity index is 1.41. The van der Waals surface area contributed by atoms with Crippen LogP contribution in [0.3, 0.4) is 0 Å². The smallest absolute Gasteiger partial charge is 0.411 e. The highest BCUT2D eigenvalue weighted by Gasteiger charge is 2.40. The molecule has 2 aliphatic rings. The van der Waals surface area contributed by atoms with Crippen molar-refractivity contribution in [3.8, 4) is 5.75 Å². The number of benzene rings is 2. The van der Waals surface area contributed by atoms with E-state index in [2.05, 4.69) is 5.32 Å². The highest BCUT2D eigenvalue weighted by atomic mass is 19.1. The lowest BCUT2D eigenvalue weighted by Gasteiger charge is -2.38. The van der Waals surface area contributed by atoms with Crippen LogP contribution in [0.4, 0.5) is 9.18 Å². The van der Waals surface area contributed by atoms with Crippen molar-refractivity contribution in [1.82, 2.24) is 10.2 Å². The van der Waals surface area contributed by atoms with E-state index in [1.807, 2.05) is 49.1 Å². The maximum atomic E-state index is 14.6. The maximum absolute atomic E-state index is 14.6. The van der Waals surface area contributed by atoms with Gasteiger partial charge in [-0.1, -0.05) is 30.3 Å². The summed E-state index contributed by atoms with van der Waals surface area (Å²) in [6.45, 7) is 3.82. The molecule has 0 aromatic heterocycles. The first-order chi connectivity index (χ1) is 17.3. The van der Waals surface area contributed by atoms with Gasteiger partial charge < -0.3 is 20.1 Å². The summed E-state index contributed by atoms with van der Waals surface area (Å²) in [5.74, 6) is -0.601. The number of hydrogen-bond acceptors (Lipinski definition) is 5. The number of rotatable bonds is 8. The number of nitrogens with two attached hydrogens (primary N) is 1. The minimum absolute atomic E-state index is 0.0761. The van der Waals surface area contributed by atoms with Gasteiger partial charge in [0.05, 0.1) is 6.10 Å². The Morgan fingerprint density at radius 1 is 1.11 bits per heavy atom. The number of halogens is 1. The van der Waals surface area contributed by atoms with Crippen LogP contribution in [0.5, 0.6) is 5.75 Å². The summed E-state index contributed by atoms with van der Waals surface area (Å²) < 4.78 is 25.3. The van der Waals surface area contributed by atoms with Crippen LogP contribution < -0.4 is 15.8 Å². The van der Waals surface area contributed by atoms with Crippen LogP contribution in [0.1, 0.15) is 61.9 Å². The number of amides is 2. The van der Waals surface area contributed by atoms with Crippen molar-refractivity contribution in [3.05, 3.63) is 77.2 Å². The minimum Gasteiger partial charge on any atom is -0.488 e. The molecular weight excluding hydrogens is 461 g/mol. The molecule has 36 heavy (non-hydrogen) atoms. The minimum atomic E-state index is -0.560. The molecule has 0 aliphatic heterocycles. The summed E-state index contributed by atoms with van der Waals surface area (Å²) in [5.41, 5.74) is 8.38. The molecule has 8 heteroatoms. The molecule has 3 N–H and O–H groups in total. The van der Waals surface area contributed by atoms with Gasteiger partial charge in [0.15, 0.2) is 11.6 Å². The third kappa shape index (κ3) is 6.63. The molecule has 2 atom stereocenters. The van der Waals surface area contributed by atoms with Crippen molar-refractivity contribution in [1.29, 1.82) is 0 Å². The topological polar surface area (TPSA) is 93.9 Å². The maximum Gasteiger partial charge on any atom is 0.411 e. The Labute approximate surface area is 211 Å². The predicted molar refractivity (Wildman–Crippen MR) is 135 cm³/mol. The number of ether oxygens (including phenoxy) is 2. The van der Waals surface area contributed by atoms with Crippen LogP contribution in [0.15, 0.2) is 60.3 Å². The fourth-order valence-electron chi connectivity index (χ4n) is 4.52. The second kappa shape index (κ2) is 11.6. The van der Waals surface area contributed by atoms with Crippen molar-refractivity contribution in [2.75, 3.05) is 0 Å². The van der Waals surface area contributed by atoms with Crippen molar-refractivity contribution < 1.29 is 23.5 Å². The monoisotopic (exact) mass is 495 g/mol. The number of nitrogens with one attached hydrogen (secondary N) is 1. The van der Waals surface area contributed by atoms with Gasteiger partial charge in [-0.3, -0.25) is 10.1 Å². The number of nitrogens with zero attached hydrogens (tertiary/aromatic N) is 1. The zero-order chi connectivity index (χ0) is 25.7. The van der Waals surface area contributed by atoms with Gasteiger partial charge >= 0.3 is 6.09 Å². The Kier molecular flexibility index (Phi) is 8.25. The van der Waals surface area contributed by atoms with E-state index in [1.54, 1.807) is 12.3 Å². The van der Waals surface area contributed by atoms with E-state index in [-0.39, 0.29) is 42.5 Å². The van der Waals surface area contributed by atoms with Crippen LogP contribution in [-0.2, 0) is 11.3 Å². The fourth-order valence-corrected chi connectivity index (χ4v) is 4.52. The first-order valence-electron chi connectivity index (χ1n) is 12.5. The molecule has 2 aliphatic carbocycles. The summed E-state index contributed by atoms with van der Waals surface area (Å²) in [7, 11) is 0. The Hall–Kier alpha value is -3.39. The van der Waals surface area contributed by atoms with Crippen molar-refractivity contribution in [3.63, 3.8) is 0 Å². The first kappa shape index (κ1) is 25.7. The van der Waals surface area contributed by atoms with Crippen LogP contribution in [0.25, 0.3) is 0 Å². The highest BCUT2D eigenvalue weighted by Crippen LogP contribution is 2.36. The molecule has 2 aromatic carbocycles. The van der Waals surface area contributed by atoms with E-state index in [9.17, 15) is 14.0 Å². The molecular formula is C28H34FN3O4. The van der Waals surface area contributed by atoms with Gasteiger partial charge in [0, 0.05) is 29.9 Å². The molecule has 2 saturated carbocycles. The van der Waals surface area contributed by atoms with Gasteiger partial charge in [-0.2, -0.15) is 0 Å². The molecule has 0 spiro atoms. The van der Waals surface area contributed by atoms with E-state index in [4.69, 9.17) is 15.2 Å². The molecule has 0 bridgehead atoms.